The van der Waals surface area contributed by atoms with Gasteiger partial charge in [-0.15, -0.1) is 0 Å². The van der Waals surface area contributed by atoms with E-state index in [0.29, 0.717) is 0 Å². The van der Waals surface area contributed by atoms with E-state index < -0.39 is 85.4 Å². The maximum Gasteiger partial charge on any atom is 0.524 e. The van der Waals surface area contributed by atoms with E-state index in [-0.39, 0.29) is 35.3 Å². The number of nitrogens with zero attached hydrogens (tertiary/aromatic N) is 5. The lowest BCUT2D eigenvalue weighted by Gasteiger charge is -2.26. The van der Waals surface area contributed by atoms with Crippen molar-refractivity contribution in [3.63, 3.8) is 0 Å². The number of allylic oxidation sites excluding steroid dienone is 1. The number of imidazole rings is 1. The number of nitrogens with two attached hydrogens (primary N) is 2. The van der Waals surface area contributed by atoms with Crippen LogP contribution >= 0.6 is 23.5 Å². The van der Waals surface area contributed by atoms with E-state index in [9.17, 15) is 53.1 Å². The van der Waals surface area contributed by atoms with Gasteiger partial charge in [-0.1, -0.05) is 6.08 Å². The van der Waals surface area contributed by atoms with Gasteiger partial charge in [-0.25, -0.2) is 33.2 Å². The van der Waals surface area contributed by atoms with Crippen LogP contribution in [0.1, 0.15) is 6.42 Å². The van der Waals surface area contributed by atoms with Crippen molar-refractivity contribution in [3.8, 4) is 0 Å². The van der Waals surface area contributed by atoms with E-state index >= 15 is 0 Å². The molecule has 2 aliphatic rings. The number of hydrogen-bond donors (Lipinski definition) is 8. The molecule has 0 radical (unpaired) electrons. The number of carbonyl (C=O) groups is 2. The first kappa shape index (κ1) is 37.2. The average Bonchev–Trinajstić information content (AvgIpc) is 3.56. The molecule has 2 aliphatic heterocycles. The number of nitrogen functional groups attached to an aromatic ring is 1. The van der Waals surface area contributed by atoms with Crippen molar-refractivity contribution in [1.29, 1.82) is 0 Å². The minimum Gasteiger partial charge on any atom is -0.467 e. The molecule has 0 spiro atoms. The third-order valence-corrected chi connectivity index (χ3v) is 9.17. The molecule has 24 nitrogen and oxygen atoms in total. The summed E-state index contributed by atoms with van der Waals surface area (Å²) in [6.45, 7) is -2.59. The van der Waals surface area contributed by atoms with E-state index in [2.05, 4.69) is 32.8 Å². The van der Waals surface area contributed by atoms with Gasteiger partial charge in [-0.2, -0.15) is 4.31 Å². The molecule has 0 aliphatic carbocycles. The van der Waals surface area contributed by atoms with E-state index in [4.69, 9.17) is 20.9 Å². The first-order valence-corrected chi connectivity index (χ1v) is 17.5. The van der Waals surface area contributed by atoms with Gasteiger partial charge in [0.05, 0.1) is 13.2 Å². The van der Waals surface area contributed by atoms with Crippen LogP contribution in [0.5, 0.6) is 0 Å². The second-order valence-corrected chi connectivity index (χ2v) is 13.8. The monoisotopic (exact) mass is 743 g/mol. The highest BCUT2D eigenvalue weighted by Gasteiger charge is 2.44. The molecule has 0 bridgehead atoms. The molecular weight excluding hydrogens is 715 g/mol. The molecule has 0 saturated carbocycles. The summed E-state index contributed by atoms with van der Waals surface area (Å²) >= 11 is 0. The van der Waals surface area contributed by atoms with Crippen molar-refractivity contribution in [2.45, 2.75) is 30.8 Å². The molecule has 10 N–H and O–H groups in total. The molecule has 6 atom stereocenters. The Hall–Kier alpha value is -3.60. The van der Waals surface area contributed by atoms with Crippen molar-refractivity contribution >= 4 is 58.5 Å². The quantitative estimate of drug-likeness (QED) is 0.0650. The summed E-state index contributed by atoms with van der Waals surface area (Å²) in [6.07, 6.45) is -0.721. The molecule has 2 aromatic heterocycles. The molecule has 4 heterocycles. The maximum atomic E-state index is 12.5. The number of carbonyl (C=O) groups excluding carboxylic acids is 2. The summed E-state index contributed by atoms with van der Waals surface area (Å²) in [7, 11) is -16.4. The van der Waals surface area contributed by atoms with Crippen molar-refractivity contribution in [2.24, 2.45) is 5.73 Å². The number of aromatic nitrogens is 4. The SMILES string of the molecule is NC(=O)C1=CN(CO[C@@H](COP(=O)(O)OP(=O)(O)OC[C@@H]2OC(n3cnc4c(N)ncnc43)=C(OP(=O)(O)O)[C@@H]2O)[C@H](O)C=O)C=CC1. The van der Waals surface area contributed by atoms with E-state index in [1.165, 1.54) is 17.3 Å². The minimum atomic E-state index is -5.56. The van der Waals surface area contributed by atoms with E-state index in [0.717, 1.165) is 17.2 Å². The second-order valence-electron chi connectivity index (χ2n) is 9.59. The Kier molecular flexibility index (Phi) is 11.5. The number of aldehydes is 1. The van der Waals surface area contributed by atoms with Crippen LogP contribution in [0.3, 0.4) is 0 Å². The smallest absolute Gasteiger partial charge is 0.467 e. The molecule has 0 fully saturated rings. The topological polar surface area (TPSA) is 361 Å². The maximum absolute atomic E-state index is 12.5. The van der Waals surface area contributed by atoms with Crippen LogP contribution < -0.4 is 11.5 Å². The largest absolute Gasteiger partial charge is 0.524 e. The number of fused-ring (bicyclic) bond motifs is 1. The first-order chi connectivity index (χ1) is 22.4. The van der Waals surface area contributed by atoms with Gasteiger partial charge in [-0.05, 0) is 6.42 Å². The van der Waals surface area contributed by atoms with Crippen LogP contribution in [0, 0.1) is 0 Å². The van der Waals surface area contributed by atoms with Gasteiger partial charge in [0.15, 0.2) is 35.5 Å². The third-order valence-electron chi connectivity index (χ3n) is 6.13. The number of anilines is 1. The number of ether oxygens (including phenoxy) is 2. The fraction of sp³-hybridized carbons (Fsp3) is 0.381. The molecule has 0 aromatic carbocycles. The zero-order valence-corrected chi connectivity index (χ0v) is 26.7. The Morgan fingerprint density at radius 2 is 1.85 bits per heavy atom. The van der Waals surface area contributed by atoms with Crippen LogP contribution in [0.2, 0.25) is 0 Å². The third kappa shape index (κ3) is 9.51. The van der Waals surface area contributed by atoms with Crippen molar-refractivity contribution in [3.05, 3.63) is 42.5 Å². The number of phosphoric ester groups is 3. The van der Waals surface area contributed by atoms with E-state index in [1.807, 2.05) is 0 Å². The molecule has 1 amide bonds. The van der Waals surface area contributed by atoms with Gasteiger partial charge >= 0.3 is 23.5 Å². The lowest BCUT2D eigenvalue weighted by molar-refractivity contribution is -0.128. The zero-order valence-electron chi connectivity index (χ0n) is 24.0. The highest BCUT2D eigenvalue weighted by molar-refractivity contribution is 7.61. The summed E-state index contributed by atoms with van der Waals surface area (Å²) in [5, 5.41) is 20.6. The Bertz CT molecular complexity index is 1780. The Morgan fingerprint density at radius 1 is 1.15 bits per heavy atom. The molecule has 264 valence electrons. The predicted octanol–water partition coefficient (Wildman–Crippen LogP) is -1.85. The number of primary amides is 1. The van der Waals surface area contributed by atoms with Gasteiger partial charge in [-0.3, -0.25) is 23.6 Å². The molecule has 0 saturated heterocycles. The van der Waals surface area contributed by atoms with Crippen LogP contribution in [0.15, 0.2) is 42.5 Å². The van der Waals surface area contributed by atoms with Gasteiger partial charge in [0.25, 0.3) is 0 Å². The number of phosphoric acid groups is 3. The predicted molar refractivity (Wildman–Crippen MR) is 154 cm³/mol. The molecule has 48 heavy (non-hydrogen) atoms. The van der Waals surface area contributed by atoms with Crippen LogP contribution in [-0.2, 0) is 50.6 Å². The Labute approximate surface area is 268 Å². The summed E-state index contributed by atoms with van der Waals surface area (Å²) in [4.78, 5) is 74.3. The molecule has 27 heteroatoms. The normalized spacial score (nSPS) is 22.0. The van der Waals surface area contributed by atoms with Gasteiger partial charge < -0.3 is 55.2 Å². The Balaban J connectivity index is 1.39. The number of rotatable bonds is 17. The standard InChI is InChI=1S/C21H28N7O17P3/c22-18-15-20(25-8-24-18)28(9-26-15)21-17(44-46(33,34)35)16(31)14(43-21)7-42-48(38,39)45-47(36,37)41-6-13(12(30)5-29)40-10-27-3-1-2-11(4-27)19(23)32/h1,3-5,8-9,12-14,16,30-31H,2,6-7,10H2,(H2,23,32)(H,36,37)(H,38,39)(H2,22,24,25)(H2,33,34,35)/t12-,13+,14+,16-/m1/s1. The lowest BCUT2D eigenvalue weighted by atomic mass is 10.1. The average molecular weight is 743 g/mol. The van der Waals surface area contributed by atoms with Crippen molar-refractivity contribution in [1.82, 2.24) is 24.4 Å². The number of aliphatic hydroxyl groups is 2. The summed E-state index contributed by atoms with van der Waals surface area (Å²) in [6, 6.07) is 0. The second kappa shape index (κ2) is 14.9. The lowest BCUT2D eigenvalue weighted by Crippen LogP contribution is -2.37. The minimum absolute atomic E-state index is 0.0160. The molecule has 4 rings (SSSR count). The summed E-state index contributed by atoms with van der Waals surface area (Å²) in [5.41, 5.74) is 11.1. The molecule has 2 aromatic rings. The Morgan fingerprint density at radius 3 is 2.52 bits per heavy atom. The van der Waals surface area contributed by atoms with Gasteiger partial charge in [0.1, 0.15) is 31.6 Å². The number of hydrogen-bond acceptors (Lipinski definition) is 18. The molecule has 2 unspecified atom stereocenters. The first-order valence-electron chi connectivity index (χ1n) is 13.0. The summed E-state index contributed by atoms with van der Waals surface area (Å²) < 4.78 is 66.4. The van der Waals surface area contributed by atoms with Gasteiger partial charge in [0.2, 0.25) is 17.5 Å². The highest BCUT2D eigenvalue weighted by atomic mass is 31.3. The van der Waals surface area contributed by atoms with Crippen molar-refractivity contribution < 1.29 is 80.4 Å². The fourth-order valence-electron chi connectivity index (χ4n) is 3.97. The van der Waals surface area contributed by atoms with Crippen LogP contribution in [-0.4, -0.2) is 111 Å². The van der Waals surface area contributed by atoms with Crippen LogP contribution in [0.4, 0.5) is 5.82 Å². The molecular formula is C21H28N7O17P3. The fourth-order valence-corrected chi connectivity index (χ4v) is 6.50. The number of aliphatic hydroxyl groups excluding tert-OH is 2. The number of amides is 1. The van der Waals surface area contributed by atoms with Crippen LogP contribution in [0.25, 0.3) is 17.0 Å². The van der Waals surface area contributed by atoms with Crippen molar-refractivity contribution in [2.75, 3.05) is 25.7 Å². The summed E-state index contributed by atoms with van der Waals surface area (Å²) in [5.74, 6) is -2.26. The van der Waals surface area contributed by atoms with E-state index in [1.54, 1.807) is 6.08 Å². The van der Waals surface area contributed by atoms with Gasteiger partial charge in [0, 0.05) is 18.0 Å². The highest BCUT2D eigenvalue weighted by Crippen LogP contribution is 2.60. The zero-order chi connectivity index (χ0) is 35.4.